The second-order valence-corrected chi connectivity index (χ2v) is 7.20. The molecule has 27 heavy (non-hydrogen) atoms. The van der Waals surface area contributed by atoms with Gasteiger partial charge in [-0.2, -0.15) is 13.2 Å². The number of benzene rings is 2. The number of amides is 1. The molecule has 1 unspecified atom stereocenters. The van der Waals surface area contributed by atoms with Gasteiger partial charge in [0.2, 0.25) is 0 Å². The minimum absolute atomic E-state index is 0.116. The molecule has 0 fully saturated rings. The van der Waals surface area contributed by atoms with E-state index < -0.39 is 11.7 Å². The Morgan fingerprint density at radius 2 is 1.59 bits per heavy atom. The number of hydrogen-bond donors (Lipinski definition) is 2. The molecule has 2 atom stereocenters. The summed E-state index contributed by atoms with van der Waals surface area (Å²) in [6.45, 7) is 8.19. The highest BCUT2D eigenvalue weighted by atomic mass is 19.4. The van der Waals surface area contributed by atoms with E-state index in [9.17, 15) is 18.0 Å². The lowest BCUT2D eigenvalue weighted by Crippen LogP contribution is -3.12. The zero-order chi connectivity index (χ0) is 20.4. The van der Waals surface area contributed by atoms with E-state index in [2.05, 4.69) is 5.32 Å². The van der Waals surface area contributed by atoms with Crippen LogP contribution in [-0.2, 0) is 17.5 Å². The summed E-state index contributed by atoms with van der Waals surface area (Å²) in [5, 5.41) is 2.99. The van der Waals surface area contributed by atoms with Gasteiger partial charge >= 0.3 is 6.18 Å². The maximum atomic E-state index is 12.7. The second kappa shape index (κ2) is 8.13. The molecule has 0 aliphatic carbocycles. The molecule has 2 N–H and O–H groups in total. The normalized spacial score (nSPS) is 13.9. The van der Waals surface area contributed by atoms with Gasteiger partial charge in [0.05, 0.1) is 12.6 Å². The first-order chi connectivity index (χ1) is 12.5. The van der Waals surface area contributed by atoms with Crippen LogP contribution in [0, 0.1) is 20.8 Å². The van der Waals surface area contributed by atoms with Crippen LogP contribution in [0.4, 0.5) is 18.9 Å². The van der Waals surface area contributed by atoms with Crippen LogP contribution in [0.2, 0.25) is 0 Å². The highest BCUT2D eigenvalue weighted by molar-refractivity contribution is 5.95. The van der Waals surface area contributed by atoms with Crippen LogP contribution in [-0.4, -0.2) is 19.0 Å². The zero-order valence-corrected chi connectivity index (χ0v) is 16.3. The quantitative estimate of drug-likeness (QED) is 0.817. The summed E-state index contributed by atoms with van der Waals surface area (Å²) in [7, 11) is 1.86. The Morgan fingerprint density at radius 1 is 1.07 bits per heavy atom. The van der Waals surface area contributed by atoms with Gasteiger partial charge in [0.25, 0.3) is 5.91 Å². The summed E-state index contributed by atoms with van der Waals surface area (Å²) in [6.07, 6.45) is -4.34. The summed E-state index contributed by atoms with van der Waals surface area (Å²) in [4.78, 5) is 13.5. The fraction of sp³-hybridized carbons (Fsp3) is 0.381. The molecule has 0 aromatic heterocycles. The Morgan fingerprint density at radius 3 is 2.07 bits per heavy atom. The number of quaternary nitrogens is 1. The lowest BCUT2D eigenvalue weighted by molar-refractivity contribution is -0.907. The lowest BCUT2D eigenvalue weighted by Gasteiger charge is -2.22. The van der Waals surface area contributed by atoms with Crippen molar-refractivity contribution in [2.75, 3.05) is 12.4 Å². The van der Waals surface area contributed by atoms with Gasteiger partial charge in [-0.25, -0.2) is 0 Å². The van der Waals surface area contributed by atoms with Gasteiger partial charge in [-0.1, -0.05) is 29.8 Å². The van der Waals surface area contributed by atoms with E-state index in [-0.39, 0.29) is 11.9 Å². The van der Waals surface area contributed by atoms with Crippen LogP contribution in [0.1, 0.15) is 34.7 Å². The number of anilines is 1. The minimum atomic E-state index is -4.34. The number of carbonyl (C=O) groups excluding carboxylic acids is 1. The van der Waals surface area contributed by atoms with E-state index in [1.54, 1.807) is 0 Å². The predicted octanol–water partition coefficient (Wildman–Crippen LogP) is 3.67. The Bertz CT molecular complexity index is 790. The first kappa shape index (κ1) is 21.0. The van der Waals surface area contributed by atoms with Crippen molar-refractivity contribution in [3.05, 3.63) is 64.2 Å². The summed E-state index contributed by atoms with van der Waals surface area (Å²) >= 11 is 0. The first-order valence-electron chi connectivity index (χ1n) is 8.86. The number of likely N-dealkylation sites (N-methyl/N-ethyl adjacent to an activating group) is 1. The zero-order valence-electron chi connectivity index (χ0n) is 16.3. The molecule has 2 aromatic rings. The molecule has 2 rings (SSSR count). The number of nitrogens with one attached hydrogen (secondary N) is 2. The largest absolute Gasteiger partial charge is 0.416 e. The Labute approximate surface area is 158 Å². The molecule has 0 bridgehead atoms. The highest BCUT2D eigenvalue weighted by Crippen LogP contribution is 2.29. The highest BCUT2D eigenvalue weighted by Gasteiger charge is 2.30. The molecule has 6 heteroatoms. The summed E-state index contributed by atoms with van der Waals surface area (Å²) < 4.78 is 38.0. The van der Waals surface area contributed by atoms with Crippen LogP contribution in [0.15, 0.2) is 36.4 Å². The van der Waals surface area contributed by atoms with Gasteiger partial charge in [-0.05, 0) is 51.0 Å². The maximum absolute atomic E-state index is 12.7. The Balaban J connectivity index is 2.04. The average molecular weight is 379 g/mol. The molecule has 0 saturated carbocycles. The fourth-order valence-corrected chi connectivity index (χ4v) is 3.12. The third-order valence-electron chi connectivity index (χ3n) is 4.82. The van der Waals surface area contributed by atoms with E-state index in [1.165, 1.54) is 12.1 Å². The van der Waals surface area contributed by atoms with Crippen LogP contribution >= 0.6 is 0 Å². The van der Waals surface area contributed by atoms with Crippen LogP contribution in [0.5, 0.6) is 0 Å². The second-order valence-electron chi connectivity index (χ2n) is 7.20. The van der Waals surface area contributed by atoms with E-state index in [4.69, 9.17) is 0 Å². The SMILES string of the molecule is Cc1cc(C)c(NC(=O)[C@@H](C)[NH+](C)Cc2ccc(C(F)(F)F)cc2)c(C)c1. The molecular weight excluding hydrogens is 353 g/mol. The van der Waals surface area contributed by atoms with Crippen molar-refractivity contribution >= 4 is 11.6 Å². The molecule has 0 aliphatic rings. The minimum Gasteiger partial charge on any atom is -0.324 e. The molecule has 0 spiro atoms. The van der Waals surface area contributed by atoms with Crippen LogP contribution in [0.25, 0.3) is 0 Å². The number of carbonyl (C=O) groups is 1. The van der Waals surface area contributed by atoms with Gasteiger partial charge in [-0.15, -0.1) is 0 Å². The number of rotatable bonds is 5. The predicted molar refractivity (Wildman–Crippen MR) is 101 cm³/mol. The van der Waals surface area contributed by atoms with E-state index >= 15 is 0 Å². The van der Waals surface area contributed by atoms with Gasteiger partial charge in [0.15, 0.2) is 6.04 Å². The number of aryl methyl sites for hydroxylation is 3. The number of alkyl halides is 3. The lowest BCUT2D eigenvalue weighted by atomic mass is 10.0. The van der Waals surface area contributed by atoms with Crippen molar-refractivity contribution in [2.45, 2.75) is 46.5 Å². The maximum Gasteiger partial charge on any atom is 0.416 e. The summed E-state index contributed by atoms with van der Waals surface area (Å²) in [6, 6.07) is 8.76. The molecule has 3 nitrogen and oxygen atoms in total. The van der Waals surface area contributed by atoms with Gasteiger partial charge in [0, 0.05) is 11.3 Å². The first-order valence-corrected chi connectivity index (χ1v) is 8.86. The van der Waals surface area contributed by atoms with Crippen molar-refractivity contribution in [2.24, 2.45) is 0 Å². The monoisotopic (exact) mass is 379 g/mol. The molecular formula is C21H26F3N2O+. The van der Waals surface area contributed by atoms with Crippen molar-refractivity contribution in [1.29, 1.82) is 0 Å². The molecule has 0 aliphatic heterocycles. The van der Waals surface area contributed by atoms with Crippen molar-refractivity contribution in [3.63, 3.8) is 0 Å². The van der Waals surface area contributed by atoms with E-state index in [1.807, 2.05) is 46.9 Å². The van der Waals surface area contributed by atoms with E-state index in [0.29, 0.717) is 6.54 Å². The third kappa shape index (κ3) is 5.32. The van der Waals surface area contributed by atoms with Crippen LogP contribution < -0.4 is 10.2 Å². The summed E-state index contributed by atoms with van der Waals surface area (Å²) in [5.74, 6) is -0.116. The summed E-state index contributed by atoms with van der Waals surface area (Å²) in [5.41, 5.74) is 4.06. The fourth-order valence-electron chi connectivity index (χ4n) is 3.12. The molecule has 0 radical (unpaired) electrons. The standard InChI is InChI=1S/C21H25F3N2O/c1-13-10-14(2)19(15(3)11-13)25-20(27)16(4)26(5)12-17-6-8-18(9-7-17)21(22,23)24/h6-11,16H,12H2,1-5H3,(H,25,27)/p+1/t16-/m1/s1. The molecule has 0 saturated heterocycles. The average Bonchev–Trinajstić information content (AvgIpc) is 2.56. The van der Waals surface area contributed by atoms with Gasteiger partial charge < -0.3 is 10.2 Å². The van der Waals surface area contributed by atoms with E-state index in [0.717, 1.165) is 45.0 Å². The van der Waals surface area contributed by atoms with Crippen LogP contribution in [0.3, 0.4) is 0 Å². The van der Waals surface area contributed by atoms with Gasteiger partial charge in [0.1, 0.15) is 6.54 Å². The van der Waals surface area contributed by atoms with Crippen molar-refractivity contribution in [3.8, 4) is 0 Å². The topological polar surface area (TPSA) is 33.5 Å². The molecule has 146 valence electrons. The molecule has 1 amide bonds. The molecule has 0 heterocycles. The third-order valence-corrected chi connectivity index (χ3v) is 4.82. The molecule has 2 aromatic carbocycles. The number of hydrogen-bond acceptors (Lipinski definition) is 1. The Hall–Kier alpha value is -2.34. The van der Waals surface area contributed by atoms with Crippen molar-refractivity contribution in [1.82, 2.24) is 0 Å². The smallest absolute Gasteiger partial charge is 0.324 e. The van der Waals surface area contributed by atoms with Gasteiger partial charge in [-0.3, -0.25) is 4.79 Å². The number of halogens is 3. The Kier molecular flexibility index (Phi) is 6.31. The van der Waals surface area contributed by atoms with Crippen molar-refractivity contribution < 1.29 is 22.9 Å².